The second kappa shape index (κ2) is 10.0. The van der Waals surface area contributed by atoms with Gasteiger partial charge in [0.05, 0.1) is 0 Å². The number of fused-ring (bicyclic) bond motifs is 6. The van der Waals surface area contributed by atoms with E-state index >= 15 is 0 Å². The summed E-state index contributed by atoms with van der Waals surface area (Å²) in [5.41, 5.74) is 2.64. The topological polar surface area (TPSA) is 188 Å². The summed E-state index contributed by atoms with van der Waals surface area (Å²) in [5.74, 6) is -1.89. The number of aromatic amines is 3. The molecule has 0 saturated heterocycles. The summed E-state index contributed by atoms with van der Waals surface area (Å²) in [6, 6.07) is 24.5. The Hall–Kier alpha value is -7.47. The van der Waals surface area contributed by atoms with Gasteiger partial charge in [0.25, 0.3) is 0 Å². The number of carbonyl (C=O) groups is 6. The maximum atomic E-state index is 13.4. The van der Waals surface area contributed by atoms with E-state index in [1.807, 2.05) is 0 Å². The molecular formula is C39H18N6O6. The van der Waals surface area contributed by atoms with Crippen molar-refractivity contribution in [1.29, 1.82) is 0 Å². The molecular weight excluding hydrogens is 648 g/mol. The van der Waals surface area contributed by atoms with Gasteiger partial charge in [-0.25, -0.2) is 15.0 Å². The Morgan fingerprint density at radius 3 is 0.824 bits per heavy atom. The Morgan fingerprint density at radius 1 is 0.333 bits per heavy atom. The van der Waals surface area contributed by atoms with Gasteiger partial charge in [0, 0.05) is 50.1 Å². The number of rotatable bonds is 3. The van der Waals surface area contributed by atoms with Crippen LogP contribution in [-0.2, 0) is 0 Å². The lowest BCUT2D eigenvalue weighted by Crippen LogP contribution is -2.20. The number of benzene rings is 4. The lowest BCUT2D eigenvalue weighted by atomic mass is 9.90. The molecule has 0 spiro atoms. The maximum Gasteiger partial charge on any atom is 0.214 e. The summed E-state index contributed by atoms with van der Waals surface area (Å²) < 4.78 is 0. The SMILES string of the molecule is O=C1c2ccccc2C(=O)c2[nH]c(-c3cc(-c4nc5c([nH]4)C(=O)c4ccccc4C5=O)cc(-c4nc5c([nH]4)C(=O)c4ccccc4C5=O)c3)nc21. The Balaban J connectivity index is 1.15. The lowest BCUT2D eigenvalue weighted by molar-refractivity contribution is 0.0974. The molecule has 0 amide bonds. The summed E-state index contributed by atoms with van der Waals surface area (Å²) in [7, 11) is 0. The Kier molecular flexibility index (Phi) is 5.61. The first-order chi connectivity index (χ1) is 24.8. The molecule has 10 rings (SSSR count). The highest BCUT2D eigenvalue weighted by Gasteiger charge is 2.36. The monoisotopic (exact) mass is 666 g/mol. The average molecular weight is 667 g/mol. The molecule has 0 bridgehead atoms. The molecule has 3 aliphatic rings. The zero-order valence-electron chi connectivity index (χ0n) is 26.0. The molecule has 0 fully saturated rings. The molecule has 0 aliphatic heterocycles. The van der Waals surface area contributed by atoms with Crippen molar-refractivity contribution in [2.75, 3.05) is 0 Å². The highest BCUT2D eigenvalue weighted by atomic mass is 16.2. The van der Waals surface area contributed by atoms with Crippen molar-refractivity contribution in [2.45, 2.75) is 0 Å². The highest BCUT2D eigenvalue weighted by molar-refractivity contribution is 6.29. The molecule has 51 heavy (non-hydrogen) atoms. The van der Waals surface area contributed by atoms with Crippen molar-refractivity contribution < 1.29 is 28.8 Å². The van der Waals surface area contributed by atoms with Crippen LogP contribution in [0.25, 0.3) is 34.2 Å². The number of imidazole rings is 3. The Bertz CT molecular complexity index is 2360. The van der Waals surface area contributed by atoms with Crippen molar-refractivity contribution in [1.82, 2.24) is 29.9 Å². The number of nitrogens with one attached hydrogen (secondary N) is 3. The summed E-state index contributed by atoms with van der Waals surface area (Å²) in [6.07, 6.45) is 0. The van der Waals surface area contributed by atoms with Gasteiger partial charge in [0.15, 0.2) is 0 Å². The van der Waals surface area contributed by atoms with E-state index in [2.05, 4.69) is 29.9 Å². The summed E-state index contributed by atoms with van der Waals surface area (Å²) in [6.45, 7) is 0. The molecule has 0 unspecified atom stereocenters. The van der Waals surface area contributed by atoms with E-state index in [9.17, 15) is 28.8 Å². The largest absolute Gasteiger partial charge is 0.335 e. The number of H-pyrrole nitrogens is 3. The van der Waals surface area contributed by atoms with Crippen LogP contribution in [0, 0.1) is 0 Å². The Morgan fingerprint density at radius 2 is 0.569 bits per heavy atom. The van der Waals surface area contributed by atoms with Gasteiger partial charge < -0.3 is 15.0 Å². The molecule has 240 valence electrons. The van der Waals surface area contributed by atoms with Crippen molar-refractivity contribution in [2.24, 2.45) is 0 Å². The third-order valence-electron chi connectivity index (χ3n) is 9.44. The molecule has 12 nitrogen and oxygen atoms in total. The molecule has 3 heterocycles. The zero-order valence-corrected chi connectivity index (χ0v) is 26.0. The predicted molar refractivity (Wildman–Crippen MR) is 179 cm³/mol. The smallest absolute Gasteiger partial charge is 0.214 e. The molecule has 3 N–H and O–H groups in total. The fraction of sp³-hybridized carbons (Fsp3) is 0. The van der Waals surface area contributed by atoms with Crippen LogP contribution in [0.5, 0.6) is 0 Å². The van der Waals surface area contributed by atoms with E-state index in [0.29, 0.717) is 16.7 Å². The first-order valence-electron chi connectivity index (χ1n) is 15.8. The van der Waals surface area contributed by atoms with Crippen LogP contribution < -0.4 is 0 Å². The van der Waals surface area contributed by atoms with Crippen LogP contribution in [0.4, 0.5) is 0 Å². The number of hydrogen-bond acceptors (Lipinski definition) is 9. The highest BCUT2D eigenvalue weighted by Crippen LogP contribution is 2.36. The van der Waals surface area contributed by atoms with Crippen LogP contribution in [0.1, 0.15) is 96.3 Å². The van der Waals surface area contributed by atoms with Crippen molar-refractivity contribution >= 4 is 34.7 Å². The standard InChI is InChI=1S/C39H18N6O6/c46-31-19-7-1-2-8-20(19)32(47)26-25(31)40-37(41-26)16-13-17(38-42-27-28(43-38)34(49)22-10-4-3-9-21(22)33(27)48)15-18(14-16)39-44-29-30(45-39)36(51)24-12-6-5-11-23(24)35(29)50/h1-15H,(H,40,41)(H,42,43)(H,44,45). The molecule has 3 aliphatic carbocycles. The van der Waals surface area contributed by atoms with Crippen molar-refractivity contribution in [3.63, 3.8) is 0 Å². The lowest BCUT2D eigenvalue weighted by Gasteiger charge is -2.11. The average Bonchev–Trinajstić information content (AvgIpc) is 3.94. The minimum absolute atomic E-state index is 0.0329. The summed E-state index contributed by atoms with van der Waals surface area (Å²) in [5, 5.41) is 0. The molecule has 0 radical (unpaired) electrons. The van der Waals surface area contributed by atoms with E-state index in [4.69, 9.17) is 0 Å². The third-order valence-corrected chi connectivity index (χ3v) is 9.44. The minimum atomic E-state index is -0.412. The number of nitrogens with zero attached hydrogens (tertiary/aromatic N) is 3. The van der Waals surface area contributed by atoms with Crippen molar-refractivity contribution in [3.8, 4) is 34.2 Å². The zero-order chi connectivity index (χ0) is 34.7. The van der Waals surface area contributed by atoms with Crippen LogP contribution in [0.3, 0.4) is 0 Å². The van der Waals surface area contributed by atoms with Gasteiger partial charge in [0.2, 0.25) is 34.7 Å². The minimum Gasteiger partial charge on any atom is -0.335 e. The van der Waals surface area contributed by atoms with Crippen LogP contribution >= 0.6 is 0 Å². The van der Waals surface area contributed by atoms with Gasteiger partial charge in [-0.3, -0.25) is 28.8 Å². The second-order valence-electron chi connectivity index (χ2n) is 12.3. The van der Waals surface area contributed by atoms with Crippen LogP contribution in [0.15, 0.2) is 91.0 Å². The molecule has 0 atom stereocenters. The molecule has 7 aromatic rings. The van der Waals surface area contributed by atoms with E-state index in [-0.39, 0.29) is 102 Å². The van der Waals surface area contributed by atoms with E-state index in [0.717, 1.165) is 0 Å². The molecule has 4 aromatic carbocycles. The van der Waals surface area contributed by atoms with Crippen molar-refractivity contribution in [3.05, 3.63) is 159 Å². The van der Waals surface area contributed by atoms with Gasteiger partial charge >= 0.3 is 0 Å². The van der Waals surface area contributed by atoms with Gasteiger partial charge in [-0.05, 0) is 18.2 Å². The van der Waals surface area contributed by atoms with E-state index < -0.39 is 17.3 Å². The Labute approximate surface area is 285 Å². The molecule has 3 aromatic heterocycles. The summed E-state index contributed by atoms with van der Waals surface area (Å²) in [4.78, 5) is 103. The normalized spacial score (nSPS) is 14.1. The van der Waals surface area contributed by atoms with E-state index in [1.165, 1.54) is 0 Å². The van der Waals surface area contributed by atoms with E-state index in [1.54, 1.807) is 91.0 Å². The molecule has 0 saturated carbocycles. The summed E-state index contributed by atoms with van der Waals surface area (Å²) >= 11 is 0. The number of ketones is 6. The quantitative estimate of drug-likeness (QED) is 0.228. The van der Waals surface area contributed by atoms with Gasteiger partial charge in [-0.1, -0.05) is 72.8 Å². The number of aromatic nitrogens is 6. The fourth-order valence-corrected chi connectivity index (χ4v) is 6.98. The molecule has 12 heteroatoms. The first kappa shape index (κ1) is 28.5. The van der Waals surface area contributed by atoms with Gasteiger partial charge in [-0.2, -0.15) is 0 Å². The van der Waals surface area contributed by atoms with Crippen LogP contribution in [0.2, 0.25) is 0 Å². The number of carbonyl (C=O) groups excluding carboxylic acids is 6. The van der Waals surface area contributed by atoms with Gasteiger partial charge in [0.1, 0.15) is 51.6 Å². The second-order valence-corrected chi connectivity index (χ2v) is 12.3. The third kappa shape index (κ3) is 3.92. The first-order valence-corrected chi connectivity index (χ1v) is 15.8. The van der Waals surface area contributed by atoms with Crippen LogP contribution in [-0.4, -0.2) is 64.6 Å². The maximum absolute atomic E-state index is 13.4. The number of hydrogen-bond donors (Lipinski definition) is 3. The van der Waals surface area contributed by atoms with Gasteiger partial charge in [-0.15, -0.1) is 0 Å². The predicted octanol–water partition coefficient (Wildman–Crippen LogP) is 5.18. The fourth-order valence-electron chi connectivity index (χ4n) is 6.98.